The van der Waals surface area contributed by atoms with E-state index in [2.05, 4.69) is 0 Å². The van der Waals surface area contributed by atoms with E-state index in [0.29, 0.717) is 23.5 Å². The summed E-state index contributed by atoms with van der Waals surface area (Å²) in [5.74, 6) is 0.305. The lowest BCUT2D eigenvalue weighted by Gasteiger charge is -2.30. The van der Waals surface area contributed by atoms with Gasteiger partial charge in [-0.15, -0.1) is 0 Å². The van der Waals surface area contributed by atoms with Crippen molar-refractivity contribution in [2.45, 2.75) is 45.0 Å². The molecule has 0 spiro atoms. The number of carboxylic acids is 1. The number of hydrogen-bond donors (Lipinski definition) is 2. The molecule has 0 bridgehead atoms. The van der Waals surface area contributed by atoms with Crippen molar-refractivity contribution in [2.75, 3.05) is 7.11 Å². The molecule has 1 atom stereocenters. The zero-order valence-electron chi connectivity index (χ0n) is 20.7. The van der Waals surface area contributed by atoms with Crippen molar-refractivity contribution >= 4 is 16.0 Å². The lowest BCUT2D eigenvalue weighted by Crippen LogP contribution is -2.23. The second-order valence-electron chi connectivity index (χ2n) is 9.84. The lowest BCUT2D eigenvalue weighted by atomic mass is 9.86. The van der Waals surface area contributed by atoms with Gasteiger partial charge in [-0.25, -0.2) is 13.6 Å². The van der Waals surface area contributed by atoms with Crippen LogP contribution in [0.4, 0.5) is 0 Å². The predicted octanol–water partition coefficient (Wildman–Crippen LogP) is 5.07. The van der Waals surface area contributed by atoms with E-state index in [0.717, 1.165) is 40.7 Å². The third kappa shape index (κ3) is 5.55. The Balaban J connectivity index is 1.66. The van der Waals surface area contributed by atoms with Crippen LogP contribution in [0, 0.1) is 5.41 Å². The minimum absolute atomic E-state index is 0.266. The number of nitrogens with two attached hydrogens (primary N) is 1. The number of fused-ring (bicyclic) bond motifs is 3. The average Bonchev–Trinajstić information content (AvgIpc) is 2.82. The number of rotatable bonds is 9. The van der Waals surface area contributed by atoms with Crippen LogP contribution in [0.5, 0.6) is 11.5 Å². The maximum atomic E-state index is 11.7. The van der Waals surface area contributed by atoms with Crippen molar-refractivity contribution in [3.05, 3.63) is 82.9 Å². The molecule has 1 aliphatic heterocycles. The Labute approximate surface area is 211 Å². The first-order valence-electron chi connectivity index (χ1n) is 11.8. The Morgan fingerprint density at radius 3 is 2.42 bits per heavy atom. The molecule has 1 unspecified atom stereocenters. The summed E-state index contributed by atoms with van der Waals surface area (Å²) in [5, 5.41) is 14.6. The summed E-state index contributed by atoms with van der Waals surface area (Å²) in [6.07, 6.45) is 1.69. The number of sulfonamides is 1. The largest absolute Gasteiger partial charge is 0.496 e. The van der Waals surface area contributed by atoms with Crippen LogP contribution in [-0.4, -0.2) is 26.6 Å². The van der Waals surface area contributed by atoms with Gasteiger partial charge in [-0.3, -0.25) is 4.79 Å². The summed E-state index contributed by atoms with van der Waals surface area (Å²) >= 11 is 0. The van der Waals surface area contributed by atoms with Crippen LogP contribution in [0.2, 0.25) is 0 Å². The van der Waals surface area contributed by atoms with Gasteiger partial charge < -0.3 is 14.6 Å². The molecule has 0 aliphatic carbocycles. The summed E-state index contributed by atoms with van der Waals surface area (Å²) in [4.78, 5) is 11.4. The highest BCUT2D eigenvalue weighted by Gasteiger charge is 2.30. The van der Waals surface area contributed by atoms with E-state index >= 15 is 0 Å². The number of aryl methyl sites for hydroxylation is 1. The van der Waals surface area contributed by atoms with E-state index in [4.69, 9.17) is 14.6 Å². The van der Waals surface area contributed by atoms with E-state index in [-0.39, 0.29) is 5.75 Å². The van der Waals surface area contributed by atoms with E-state index < -0.39 is 27.5 Å². The average molecular weight is 510 g/mol. The Kier molecular flexibility index (Phi) is 7.11. The van der Waals surface area contributed by atoms with Gasteiger partial charge in [0.2, 0.25) is 10.0 Å². The molecule has 0 fully saturated rings. The van der Waals surface area contributed by atoms with Crippen molar-refractivity contribution in [1.82, 2.24) is 0 Å². The molecule has 0 aromatic heterocycles. The fourth-order valence-electron chi connectivity index (χ4n) is 4.56. The molecule has 0 saturated carbocycles. The molecule has 1 aliphatic rings. The van der Waals surface area contributed by atoms with Crippen molar-refractivity contribution in [2.24, 2.45) is 10.6 Å². The first-order chi connectivity index (χ1) is 17.0. The minimum Gasteiger partial charge on any atom is -0.496 e. The summed E-state index contributed by atoms with van der Waals surface area (Å²) in [5.41, 5.74) is 4.45. The third-order valence-electron chi connectivity index (χ3n) is 6.62. The van der Waals surface area contributed by atoms with Crippen LogP contribution in [-0.2, 0) is 27.0 Å². The second-order valence-corrected chi connectivity index (χ2v) is 11.5. The molecular weight excluding hydrogens is 478 g/mol. The first-order valence-corrected chi connectivity index (χ1v) is 13.5. The molecule has 3 aromatic rings. The maximum absolute atomic E-state index is 11.7. The van der Waals surface area contributed by atoms with Gasteiger partial charge in [0, 0.05) is 5.56 Å². The summed E-state index contributed by atoms with van der Waals surface area (Å²) in [6.45, 7) is 3.49. The van der Waals surface area contributed by atoms with Gasteiger partial charge in [-0.1, -0.05) is 48.5 Å². The number of carboxylic acid groups (broad SMARTS) is 1. The lowest BCUT2D eigenvalue weighted by molar-refractivity contribution is -0.147. The van der Waals surface area contributed by atoms with Crippen LogP contribution in [0.15, 0.2) is 60.7 Å². The molecule has 36 heavy (non-hydrogen) atoms. The Hall–Kier alpha value is -3.36. The van der Waals surface area contributed by atoms with Gasteiger partial charge in [0.25, 0.3) is 0 Å². The summed E-state index contributed by atoms with van der Waals surface area (Å²) in [6, 6.07) is 19.2. The minimum atomic E-state index is -3.69. The number of primary sulfonamides is 1. The standard InChI is InChI=1S/C28H31NO6S/c1-28(2,27(30)31)15-5-6-18-9-12-20(13-10-18)26-22-16-19(17-36(29,32)33)11-14-21(22)25-23(34-3)7-4-8-24(25)35-26/h4,7-14,16,26H,5-6,15,17H2,1-3H3,(H,30,31)(H2,29,32,33). The number of methoxy groups -OCH3 is 1. The van der Waals surface area contributed by atoms with E-state index in [1.165, 1.54) is 0 Å². The third-order valence-corrected chi connectivity index (χ3v) is 7.35. The number of ether oxygens (including phenoxy) is 2. The zero-order chi connectivity index (χ0) is 26.1. The molecule has 4 rings (SSSR count). The van der Waals surface area contributed by atoms with E-state index in [1.807, 2.05) is 54.6 Å². The SMILES string of the molecule is COc1cccc2c1-c1ccc(CS(N)(=O)=O)cc1C(c1ccc(CCCC(C)(C)C(=O)O)cc1)O2. The quantitative estimate of drug-likeness (QED) is 0.416. The highest BCUT2D eigenvalue weighted by atomic mass is 32.2. The van der Waals surface area contributed by atoms with Gasteiger partial charge in [0.1, 0.15) is 17.6 Å². The maximum Gasteiger partial charge on any atom is 0.309 e. The van der Waals surface area contributed by atoms with Gasteiger partial charge in [0.05, 0.1) is 23.8 Å². The van der Waals surface area contributed by atoms with Crippen LogP contribution in [0.3, 0.4) is 0 Å². The molecule has 0 amide bonds. The molecule has 1 heterocycles. The number of aliphatic carboxylic acids is 1. The molecular formula is C28H31NO6S. The zero-order valence-corrected chi connectivity index (χ0v) is 21.5. The van der Waals surface area contributed by atoms with Crippen LogP contribution in [0.25, 0.3) is 11.1 Å². The van der Waals surface area contributed by atoms with Crippen molar-refractivity contribution in [3.63, 3.8) is 0 Å². The van der Waals surface area contributed by atoms with Crippen molar-refractivity contribution in [1.29, 1.82) is 0 Å². The molecule has 3 N–H and O–H groups in total. The fourth-order valence-corrected chi connectivity index (χ4v) is 5.21. The molecule has 3 aromatic carbocycles. The van der Waals surface area contributed by atoms with E-state index in [9.17, 15) is 18.3 Å². The number of hydrogen-bond acceptors (Lipinski definition) is 5. The number of benzene rings is 3. The Bertz CT molecular complexity index is 1380. The van der Waals surface area contributed by atoms with Gasteiger partial charge in [-0.2, -0.15) is 0 Å². The monoisotopic (exact) mass is 509 g/mol. The summed E-state index contributed by atoms with van der Waals surface area (Å²) in [7, 11) is -2.09. The molecule has 7 nitrogen and oxygen atoms in total. The molecule has 0 saturated heterocycles. The highest BCUT2D eigenvalue weighted by molar-refractivity contribution is 7.88. The van der Waals surface area contributed by atoms with E-state index in [1.54, 1.807) is 27.0 Å². The van der Waals surface area contributed by atoms with Crippen LogP contribution >= 0.6 is 0 Å². The summed E-state index contributed by atoms with van der Waals surface area (Å²) < 4.78 is 35.5. The smallest absolute Gasteiger partial charge is 0.309 e. The second kappa shape index (κ2) is 9.95. The Morgan fingerprint density at radius 2 is 1.78 bits per heavy atom. The van der Waals surface area contributed by atoms with Gasteiger partial charge in [0.15, 0.2) is 0 Å². The van der Waals surface area contributed by atoms with Gasteiger partial charge >= 0.3 is 5.97 Å². The molecule has 0 radical (unpaired) electrons. The van der Waals surface area contributed by atoms with Crippen molar-refractivity contribution in [3.8, 4) is 22.6 Å². The number of carbonyl (C=O) groups is 1. The highest BCUT2D eigenvalue weighted by Crippen LogP contribution is 2.49. The molecule has 8 heteroatoms. The van der Waals surface area contributed by atoms with Crippen molar-refractivity contribution < 1.29 is 27.8 Å². The van der Waals surface area contributed by atoms with Crippen LogP contribution < -0.4 is 14.6 Å². The fraction of sp³-hybridized carbons (Fsp3) is 0.321. The Morgan fingerprint density at radius 1 is 1.08 bits per heavy atom. The predicted molar refractivity (Wildman–Crippen MR) is 139 cm³/mol. The van der Waals surface area contributed by atoms with Crippen LogP contribution in [0.1, 0.15) is 55.0 Å². The first kappa shape index (κ1) is 25.7. The van der Waals surface area contributed by atoms with Gasteiger partial charge in [-0.05, 0) is 67.5 Å². The molecule has 190 valence electrons. The topological polar surface area (TPSA) is 116 Å². The normalized spacial score (nSPS) is 14.9.